The first-order valence-electron chi connectivity index (χ1n) is 8.09. The van der Waals surface area contributed by atoms with Crippen molar-refractivity contribution in [3.05, 3.63) is 48.4 Å². The molecule has 4 rings (SSSR count). The average molecular weight is 308 g/mol. The molecule has 0 spiro atoms. The van der Waals surface area contributed by atoms with Crippen LogP contribution < -0.4 is 5.32 Å². The summed E-state index contributed by atoms with van der Waals surface area (Å²) < 4.78 is 0. The predicted octanol–water partition coefficient (Wildman–Crippen LogP) is 2.60. The second-order valence-corrected chi connectivity index (χ2v) is 5.91. The molecule has 0 saturated carbocycles. The lowest BCUT2D eigenvalue weighted by molar-refractivity contribution is 0.256. The van der Waals surface area contributed by atoms with Crippen molar-refractivity contribution in [2.75, 3.05) is 25.0 Å². The number of nitrogens with one attached hydrogen (secondary N) is 2. The van der Waals surface area contributed by atoms with E-state index in [-0.39, 0.29) is 0 Å². The van der Waals surface area contributed by atoms with Gasteiger partial charge in [-0.2, -0.15) is 5.10 Å². The molecule has 23 heavy (non-hydrogen) atoms. The molecule has 1 unspecified atom stereocenters. The SMILES string of the molecule is c1ccc(C(CNc2ncnc3[nH]ncc23)N2CCCC2)cc1. The summed E-state index contributed by atoms with van der Waals surface area (Å²) in [5, 5.41) is 11.4. The Morgan fingerprint density at radius 1 is 1.13 bits per heavy atom. The third-order valence-corrected chi connectivity index (χ3v) is 4.48. The quantitative estimate of drug-likeness (QED) is 0.758. The van der Waals surface area contributed by atoms with Gasteiger partial charge in [-0.05, 0) is 31.5 Å². The molecule has 0 aliphatic carbocycles. The standard InChI is InChI=1S/C17H20N6/c1-2-6-13(7-3-1)15(23-8-4-5-9-23)11-18-16-14-10-21-22-17(14)20-12-19-16/h1-3,6-7,10,12,15H,4-5,8-9,11H2,(H2,18,19,20,21,22). The highest BCUT2D eigenvalue weighted by atomic mass is 15.2. The van der Waals surface area contributed by atoms with Crippen LogP contribution in [0.25, 0.3) is 11.0 Å². The zero-order valence-electron chi connectivity index (χ0n) is 12.9. The van der Waals surface area contributed by atoms with Crippen LogP contribution in [0.1, 0.15) is 24.4 Å². The van der Waals surface area contributed by atoms with E-state index < -0.39 is 0 Å². The molecule has 0 radical (unpaired) electrons. The topological polar surface area (TPSA) is 69.7 Å². The number of benzene rings is 1. The van der Waals surface area contributed by atoms with Gasteiger partial charge in [0.1, 0.15) is 12.1 Å². The molecule has 2 aromatic heterocycles. The minimum Gasteiger partial charge on any atom is -0.367 e. The second-order valence-electron chi connectivity index (χ2n) is 5.91. The van der Waals surface area contributed by atoms with E-state index >= 15 is 0 Å². The molecule has 6 heteroatoms. The van der Waals surface area contributed by atoms with Gasteiger partial charge >= 0.3 is 0 Å². The van der Waals surface area contributed by atoms with E-state index in [4.69, 9.17) is 0 Å². The Labute approximate surface area is 135 Å². The van der Waals surface area contributed by atoms with E-state index in [9.17, 15) is 0 Å². The van der Waals surface area contributed by atoms with Gasteiger partial charge in [0, 0.05) is 6.54 Å². The van der Waals surface area contributed by atoms with Crippen LogP contribution in [-0.4, -0.2) is 44.7 Å². The predicted molar refractivity (Wildman–Crippen MR) is 90.2 cm³/mol. The Morgan fingerprint density at radius 3 is 2.78 bits per heavy atom. The number of H-pyrrole nitrogens is 1. The van der Waals surface area contributed by atoms with Crippen molar-refractivity contribution in [3.63, 3.8) is 0 Å². The van der Waals surface area contributed by atoms with E-state index in [0.717, 1.165) is 36.5 Å². The lowest BCUT2D eigenvalue weighted by atomic mass is 10.1. The first-order valence-corrected chi connectivity index (χ1v) is 8.09. The Balaban J connectivity index is 1.57. The van der Waals surface area contributed by atoms with E-state index in [1.807, 2.05) is 0 Å². The maximum Gasteiger partial charge on any atom is 0.160 e. The largest absolute Gasteiger partial charge is 0.367 e. The van der Waals surface area contributed by atoms with Crippen molar-refractivity contribution in [1.82, 2.24) is 25.1 Å². The molecule has 1 saturated heterocycles. The Hall–Kier alpha value is -2.47. The van der Waals surface area contributed by atoms with Crippen LogP contribution in [0.4, 0.5) is 5.82 Å². The maximum atomic E-state index is 4.37. The minimum absolute atomic E-state index is 0.357. The van der Waals surface area contributed by atoms with Gasteiger partial charge in [-0.3, -0.25) is 10.00 Å². The third kappa shape index (κ3) is 2.90. The Kier molecular flexibility index (Phi) is 3.90. The molecular formula is C17H20N6. The summed E-state index contributed by atoms with van der Waals surface area (Å²) in [6.07, 6.45) is 5.90. The zero-order chi connectivity index (χ0) is 15.5. The van der Waals surface area contributed by atoms with Crippen molar-refractivity contribution in [2.45, 2.75) is 18.9 Å². The molecule has 118 valence electrons. The number of fused-ring (bicyclic) bond motifs is 1. The van der Waals surface area contributed by atoms with Crippen LogP contribution in [0.2, 0.25) is 0 Å². The van der Waals surface area contributed by atoms with E-state index in [1.165, 1.54) is 18.4 Å². The number of aromatic nitrogens is 4. The molecule has 1 aliphatic rings. The van der Waals surface area contributed by atoms with Crippen LogP contribution in [0.5, 0.6) is 0 Å². The maximum absolute atomic E-state index is 4.37. The number of hydrogen-bond acceptors (Lipinski definition) is 5. The Morgan fingerprint density at radius 2 is 1.96 bits per heavy atom. The molecule has 2 N–H and O–H groups in total. The number of anilines is 1. The van der Waals surface area contributed by atoms with Gasteiger partial charge in [0.05, 0.1) is 17.6 Å². The molecule has 0 amide bonds. The molecule has 1 atom stereocenters. The number of aromatic amines is 1. The monoisotopic (exact) mass is 308 g/mol. The summed E-state index contributed by atoms with van der Waals surface area (Å²) in [6, 6.07) is 11.1. The summed E-state index contributed by atoms with van der Waals surface area (Å²) in [4.78, 5) is 11.1. The number of rotatable bonds is 5. The van der Waals surface area contributed by atoms with Gasteiger partial charge in [-0.25, -0.2) is 9.97 Å². The van der Waals surface area contributed by atoms with E-state index in [0.29, 0.717) is 6.04 Å². The smallest absolute Gasteiger partial charge is 0.160 e. The lowest BCUT2D eigenvalue weighted by Gasteiger charge is -2.28. The summed E-state index contributed by atoms with van der Waals surface area (Å²) in [5.74, 6) is 0.837. The van der Waals surface area contributed by atoms with Crippen molar-refractivity contribution in [2.24, 2.45) is 0 Å². The van der Waals surface area contributed by atoms with Gasteiger partial charge in [-0.15, -0.1) is 0 Å². The highest BCUT2D eigenvalue weighted by Gasteiger charge is 2.23. The van der Waals surface area contributed by atoms with Crippen LogP contribution in [0.3, 0.4) is 0 Å². The third-order valence-electron chi connectivity index (χ3n) is 4.48. The van der Waals surface area contributed by atoms with Gasteiger partial charge in [0.25, 0.3) is 0 Å². The van der Waals surface area contributed by atoms with E-state index in [1.54, 1.807) is 12.5 Å². The molecular weight excluding hydrogens is 288 g/mol. The fourth-order valence-electron chi connectivity index (χ4n) is 3.29. The first-order chi connectivity index (χ1) is 11.4. The lowest BCUT2D eigenvalue weighted by Crippen LogP contribution is -2.31. The molecule has 0 bridgehead atoms. The average Bonchev–Trinajstić information content (AvgIpc) is 3.28. The van der Waals surface area contributed by atoms with Gasteiger partial charge in [-0.1, -0.05) is 30.3 Å². The van der Waals surface area contributed by atoms with Crippen molar-refractivity contribution >= 4 is 16.9 Å². The first kappa shape index (κ1) is 14.1. The Bertz CT molecular complexity index is 763. The highest BCUT2D eigenvalue weighted by molar-refractivity contribution is 5.85. The summed E-state index contributed by atoms with van der Waals surface area (Å²) in [7, 11) is 0. The molecule has 1 aromatic carbocycles. The van der Waals surface area contributed by atoms with Crippen LogP contribution in [0.15, 0.2) is 42.9 Å². The zero-order valence-corrected chi connectivity index (χ0v) is 12.9. The molecule has 1 fully saturated rings. The van der Waals surface area contributed by atoms with Gasteiger partial charge in [0.15, 0.2) is 5.65 Å². The fraction of sp³-hybridized carbons (Fsp3) is 0.353. The summed E-state index contributed by atoms with van der Waals surface area (Å²) in [6.45, 7) is 3.14. The van der Waals surface area contributed by atoms with Gasteiger partial charge in [0.2, 0.25) is 0 Å². The van der Waals surface area contributed by atoms with Crippen molar-refractivity contribution in [1.29, 1.82) is 0 Å². The number of nitrogens with zero attached hydrogens (tertiary/aromatic N) is 4. The van der Waals surface area contributed by atoms with Crippen LogP contribution in [0, 0.1) is 0 Å². The normalized spacial score (nSPS) is 16.7. The molecule has 3 heterocycles. The van der Waals surface area contributed by atoms with Crippen LogP contribution >= 0.6 is 0 Å². The highest BCUT2D eigenvalue weighted by Crippen LogP contribution is 2.26. The van der Waals surface area contributed by atoms with Crippen molar-refractivity contribution in [3.8, 4) is 0 Å². The number of hydrogen-bond donors (Lipinski definition) is 2. The molecule has 1 aliphatic heterocycles. The van der Waals surface area contributed by atoms with E-state index in [2.05, 4.69) is 60.7 Å². The number of likely N-dealkylation sites (tertiary alicyclic amines) is 1. The molecule has 3 aromatic rings. The van der Waals surface area contributed by atoms with Gasteiger partial charge < -0.3 is 5.32 Å². The summed E-state index contributed by atoms with van der Waals surface area (Å²) >= 11 is 0. The summed E-state index contributed by atoms with van der Waals surface area (Å²) in [5.41, 5.74) is 2.11. The van der Waals surface area contributed by atoms with Crippen molar-refractivity contribution < 1.29 is 0 Å². The fourth-order valence-corrected chi connectivity index (χ4v) is 3.29. The second kappa shape index (κ2) is 6.34. The molecule has 6 nitrogen and oxygen atoms in total. The van der Waals surface area contributed by atoms with Crippen LogP contribution in [-0.2, 0) is 0 Å². The minimum atomic E-state index is 0.357.